The monoisotopic (exact) mass is 308 g/mol. The molecule has 1 heterocycles. The lowest BCUT2D eigenvalue weighted by atomic mass is 9.97. The minimum absolute atomic E-state index is 0.139. The molecule has 0 radical (unpaired) electrons. The summed E-state index contributed by atoms with van der Waals surface area (Å²) in [6.45, 7) is 4.75. The van der Waals surface area contributed by atoms with Gasteiger partial charge < -0.3 is 14.5 Å². The predicted octanol–water partition coefficient (Wildman–Crippen LogP) is 1.59. The van der Waals surface area contributed by atoms with Crippen LogP contribution >= 0.6 is 0 Å². The van der Waals surface area contributed by atoms with Gasteiger partial charge in [-0.3, -0.25) is 9.59 Å². The van der Waals surface area contributed by atoms with E-state index in [4.69, 9.17) is 4.74 Å². The van der Waals surface area contributed by atoms with E-state index in [-0.39, 0.29) is 18.4 Å². The first-order chi connectivity index (χ1) is 10.5. The van der Waals surface area contributed by atoms with E-state index in [9.17, 15) is 14.0 Å². The summed E-state index contributed by atoms with van der Waals surface area (Å²) in [5, 5.41) is 0. The summed E-state index contributed by atoms with van der Waals surface area (Å²) in [5.41, 5.74) is 0.557. The van der Waals surface area contributed by atoms with Gasteiger partial charge in [-0.25, -0.2) is 4.39 Å². The molecule has 5 nitrogen and oxygen atoms in total. The Morgan fingerprint density at radius 2 is 2.09 bits per heavy atom. The third kappa shape index (κ3) is 3.11. The zero-order valence-corrected chi connectivity index (χ0v) is 13.1. The molecule has 1 aromatic rings. The fourth-order valence-electron chi connectivity index (χ4n) is 2.72. The number of amides is 2. The molecular weight excluding hydrogens is 287 g/mol. The van der Waals surface area contributed by atoms with Crippen LogP contribution in [0.3, 0.4) is 0 Å². The highest BCUT2D eigenvalue weighted by molar-refractivity contribution is 5.86. The number of halogens is 1. The second-order valence-corrected chi connectivity index (χ2v) is 5.25. The van der Waals surface area contributed by atoms with Crippen molar-refractivity contribution in [3.8, 4) is 0 Å². The maximum Gasteiger partial charge on any atom is 0.254 e. The van der Waals surface area contributed by atoms with Crippen molar-refractivity contribution < 1.29 is 18.7 Å². The molecular formula is C16H21FN2O3. The summed E-state index contributed by atoms with van der Waals surface area (Å²) in [6.07, 6.45) is -0.815. The normalized spacial score (nSPS) is 21.8. The molecule has 6 heteroatoms. The number of rotatable bonds is 4. The van der Waals surface area contributed by atoms with Gasteiger partial charge in [-0.1, -0.05) is 12.1 Å². The molecule has 1 aliphatic heterocycles. The fraction of sp³-hybridized carbons (Fsp3) is 0.500. The Bertz CT molecular complexity index is 560. The Morgan fingerprint density at radius 3 is 2.68 bits per heavy atom. The quantitative estimate of drug-likeness (QED) is 0.849. The lowest BCUT2D eigenvalue weighted by molar-refractivity contribution is -0.167. The van der Waals surface area contributed by atoms with Crippen molar-refractivity contribution in [1.82, 2.24) is 9.80 Å². The zero-order valence-electron chi connectivity index (χ0n) is 13.1. The van der Waals surface area contributed by atoms with Crippen molar-refractivity contribution in [2.45, 2.75) is 26.0 Å². The highest BCUT2D eigenvalue weighted by Gasteiger charge is 2.41. The van der Waals surface area contributed by atoms with E-state index in [1.54, 1.807) is 24.1 Å². The van der Waals surface area contributed by atoms with Crippen LogP contribution in [0.2, 0.25) is 0 Å². The average Bonchev–Trinajstić information content (AvgIpc) is 2.50. The largest absolute Gasteiger partial charge is 0.356 e. The summed E-state index contributed by atoms with van der Waals surface area (Å²) >= 11 is 0. The second kappa shape index (κ2) is 6.87. The minimum Gasteiger partial charge on any atom is -0.356 e. The third-order valence-corrected chi connectivity index (χ3v) is 3.99. The van der Waals surface area contributed by atoms with Crippen molar-refractivity contribution in [2.24, 2.45) is 0 Å². The number of nitrogens with zero attached hydrogens (tertiary/aromatic N) is 2. The van der Waals surface area contributed by atoms with Crippen LogP contribution in [0, 0.1) is 5.82 Å². The number of ether oxygens (including phenoxy) is 1. The van der Waals surface area contributed by atoms with Crippen LogP contribution in [0.25, 0.3) is 0 Å². The van der Waals surface area contributed by atoms with Crippen molar-refractivity contribution in [1.29, 1.82) is 0 Å². The van der Waals surface area contributed by atoms with E-state index in [0.717, 1.165) is 0 Å². The van der Waals surface area contributed by atoms with Crippen LogP contribution in [0.15, 0.2) is 24.3 Å². The van der Waals surface area contributed by atoms with Crippen molar-refractivity contribution in [3.63, 3.8) is 0 Å². The number of benzene rings is 1. The molecule has 2 atom stereocenters. The van der Waals surface area contributed by atoms with Gasteiger partial charge >= 0.3 is 0 Å². The number of likely N-dealkylation sites (N-methyl/N-ethyl adjacent to an activating group) is 2. The van der Waals surface area contributed by atoms with Gasteiger partial charge in [-0.05, 0) is 31.5 Å². The summed E-state index contributed by atoms with van der Waals surface area (Å²) in [4.78, 5) is 27.7. The molecule has 2 amide bonds. The Kier molecular flexibility index (Phi) is 5.13. The number of hydrogen-bond acceptors (Lipinski definition) is 3. The summed E-state index contributed by atoms with van der Waals surface area (Å²) in [6, 6.07) is 5.32. The van der Waals surface area contributed by atoms with Gasteiger partial charge in [0.25, 0.3) is 5.91 Å². The van der Waals surface area contributed by atoms with E-state index in [1.807, 2.05) is 13.8 Å². The molecule has 0 saturated carbocycles. The third-order valence-electron chi connectivity index (χ3n) is 3.99. The molecule has 120 valence electrons. The molecule has 0 aliphatic carbocycles. The molecule has 1 aliphatic rings. The van der Waals surface area contributed by atoms with Crippen LogP contribution in [-0.4, -0.2) is 54.5 Å². The molecule has 0 bridgehead atoms. The summed E-state index contributed by atoms with van der Waals surface area (Å²) in [7, 11) is 1.61. The molecule has 2 rings (SSSR count). The fourth-order valence-corrected chi connectivity index (χ4v) is 2.72. The molecule has 0 N–H and O–H groups in total. The standard InChI is InChI=1S/C16H21FN2O3/c1-4-19(5-2)16(21)15-14(18(3)13(20)10-22-15)11-7-6-8-12(17)9-11/h6-9,14-15H,4-5,10H2,1-3H3. The maximum absolute atomic E-state index is 13.5. The average molecular weight is 308 g/mol. The summed E-state index contributed by atoms with van der Waals surface area (Å²) < 4.78 is 19.0. The van der Waals surface area contributed by atoms with Gasteiger partial charge in [0.05, 0.1) is 6.04 Å². The van der Waals surface area contributed by atoms with Crippen molar-refractivity contribution >= 4 is 11.8 Å². The number of carbonyl (C=O) groups is 2. The molecule has 0 spiro atoms. The highest BCUT2D eigenvalue weighted by atomic mass is 19.1. The first kappa shape index (κ1) is 16.4. The number of carbonyl (C=O) groups excluding carboxylic acids is 2. The van der Waals surface area contributed by atoms with Gasteiger partial charge in [0.2, 0.25) is 5.91 Å². The van der Waals surface area contributed by atoms with Gasteiger partial charge in [0, 0.05) is 20.1 Å². The van der Waals surface area contributed by atoms with Crippen LogP contribution in [0.4, 0.5) is 4.39 Å². The van der Waals surface area contributed by atoms with Crippen LogP contribution in [0.5, 0.6) is 0 Å². The number of hydrogen-bond donors (Lipinski definition) is 0. The minimum atomic E-state index is -0.815. The molecule has 22 heavy (non-hydrogen) atoms. The Hall–Kier alpha value is -1.95. The van der Waals surface area contributed by atoms with Gasteiger partial charge in [0.15, 0.2) is 6.10 Å². The molecule has 1 saturated heterocycles. The lowest BCUT2D eigenvalue weighted by Gasteiger charge is -2.40. The first-order valence-corrected chi connectivity index (χ1v) is 7.41. The second-order valence-electron chi connectivity index (χ2n) is 5.25. The summed E-state index contributed by atoms with van der Waals surface area (Å²) in [5.74, 6) is -0.811. The van der Waals surface area contributed by atoms with Crippen LogP contribution < -0.4 is 0 Å². The van der Waals surface area contributed by atoms with Gasteiger partial charge in [0.1, 0.15) is 12.4 Å². The van der Waals surface area contributed by atoms with Gasteiger partial charge in [-0.15, -0.1) is 0 Å². The molecule has 1 aromatic carbocycles. The smallest absolute Gasteiger partial charge is 0.254 e. The first-order valence-electron chi connectivity index (χ1n) is 7.41. The zero-order chi connectivity index (χ0) is 16.3. The lowest BCUT2D eigenvalue weighted by Crippen LogP contribution is -2.53. The van der Waals surface area contributed by atoms with Crippen LogP contribution in [0.1, 0.15) is 25.5 Å². The van der Waals surface area contributed by atoms with Gasteiger partial charge in [-0.2, -0.15) is 0 Å². The maximum atomic E-state index is 13.5. The predicted molar refractivity (Wildman–Crippen MR) is 79.6 cm³/mol. The van der Waals surface area contributed by atoms with Crippen molar-refractivity contribution in [3.05, 3.63) is 35.6 Å². The van der Waals surface area contributed by atoms with E-state index in [1.165, 1.54) is 17.0 Å². The van der Waals surface area contributed by atoms with Crippen LogP contribution in [-0.2, 0) is 14.3 Å². The topological polar surface area (TPSA) is 49.9 Å². The molecule has 2 unspecified atom stereocenters. The van der Waals surface area contributed by atoms with E-state index >= 15 is 0 Å². The van der Waals surface area contributed by atoms with Crippen molar-refractivity contribution in [2.75, 3.05) is 26.7 Å². The molecule has 0 aromatic heterocycles. The Labute approximate surface area is 129 Å². The van der Waals surface area contributed by atoms with E-state index in [2.05, 4.69) is 0 Å². The Balaban J connectivity index is 2.38. The number of morpholine rings is 1. The highest BCUT2D eigenvalue weighted by Crippen LogP contribution is 2.30. The SMILES string of the molecule is CCN(CC)C(=O)C1OCC(=O)N(C)C1c1cccc(F)c1. The molecule has 1 fully saturated rings. The Morgan fingerprint density at radius 1 is 1.41 bits per heavy atom. The van der Waals surface area contributed by atoms with E-state index in [0.29, 0.717) is 18.7 Å². The van der Waals surface area contributed by atoms with E-state index < -0.39 is 18.0 Å².